The van der Waals surface area contributed by atoms with Crippen molar-refractivity contribution in [1.82, 2.24) is 0 Å². The average molecular weight is 350 g/mol. The quantitative estimate of drug-likeness (QED) is 0.497. The first-order valence-corrected chi connectivity index (χ1v) is 8.13. The van der Waals surface area contributed by atoms with E-state index in [4.69, 9.17) is 10.5 Å². The molecule has 6 heteroatoms. The SMILES string of the molecule is Cc1cc(N=Nc2ccc(C#N)c(C#N)c2)ccc1N=Nc1ccccc1. The summed E-state index contributed by atoms with van der Waals surface area (Å²) in [6.45, 7) is 1.92. The second-order valence-corrected chi connectivity index (χ2v) is 5.66. The lowest BCUT2D eigenvalue weighted by Gasteiger charge is -2.00. The van der Waals surface area contributed by atoms with Gasteiger partial charge in [0.2, 0.25) is 0 Å². The summed E-state index contributed by atoms with van der Waals surface area (Å²) in [6, 6.07) is 23.7. The van der Waals surface area contributed by atoms with Crippen LogP contribution in [-0.4, -0.2) is 0 Å². The Morgan fingerprint density at radius 2 is 1.26 bits per heavy atom. The fourth-order valence-electron chi connectivity index (χ4n) is 2.32. The van der Waals surface area contributed by atoms with Crippen molar-refractivity contribution in [3.8, 4) is 12.1 Å². The van der Waals surface area contributed by atoms with Crippen molar-refractivity contribution in [2.24, 2.45) is 20.5 Å². The minimum Gasteiger partial charge on any atom is -0.192 e. The number of azo groups is 2. The molecule has 0 atom stereocenters. The zero-order valence-electron chi connectivity index (χ0n) is 14.5. The maximum atomic E-state index is 9.07. The Labute approximate surface area is 156 Å². The number of nitriles is 2. The van der Waals surface area contributed by atoms with Crippen LogP contribution in [0.5, 0.6) is 0 Å². The van der Waals surface area contributed by atoms with Gasteiger partial charge in [0.1, 0.15) is 12.1 Å². The van der Waals surface area contributed by atoms with Gasteiger partial charge in [-0.05, 0) is 61.0 Å². The minimum atomic E-state index is 0.279. The number of aryl methyl sites for hydroxylation is 1. The predicted octanol–water partition coefficient (Wildman–Crippen LogP) is 6.57. The van der Waals surface area contributed by atoms with Gasteiger partial charge in [0.15, 0.2) is 0 Å². The van der Waals surface area contributed by atoms with E-state index in [1.165, 1.54) is 6.07 Å². The van der Waals surface area contributed by atoms with Crippen molar-refractivity contribution in [3.63, 3.8) is 0 Å². The molecule has 0 aliphatic carbocycles. The number of nitrogens with zero attached hydrogens (tertiary/aromatic N) is 6. The van der Waals surface area contributed by atoms with Gasteiger partial charge in [0.05, 0.1) is 33.9 Å². The normalized spacial score (nSPS) is 10.8. The largest absolute Gasteiger partial charge is 0.192 e. The summed E-state index contributed by atoms with van der Waals surface area (Å²) < 4.78 is 0. The molecular weight excluding hydrogens is 336 g/mol. The zero-order valence-corrected chi connectivity index (χ0v) is 14.5. The monoisotopic (exact) mass is 350 g/mol. The molecule has 6 nitrogen and oxygen atoms in total. The number of benzene rings is 3. The van der Waals surface area contributed by atoms with E-state index >= 15 is 0 Å². The molecule has 0 saturated heterocycles. The van der Waals surface area contributed by atoms with Gasteiger partial charge >= 0.3 is 0 Å². The first-order valence-electron chi connectivity index (χ1n) is 8.13. The van der Waals surface area contributed by atoms with Crippen LogP contribution in [0.2, 0.25) is 0 Å². The molecule has 0 spiro atoms. The smallest absolute Gasteiger partial charge is 0.101 e. The second kappa shape index (κ2) is 8.28. The second-order valence-electron chi connectivity index (χ2n) is 5.66. The van der Waals surface area contributed by atoms with Crippen molar-refractivity contribution < 1.29 is 0 Å². The average Bonchev–Trinajstić information content (AvgIpc) is 2.72. The third kappa shape index (κ3) is 4.47. The summed E-state index contributed by atoms with van der Waals surface area (Å²) in [5.74, 6) is 0. The Bertz CT molecular complexity index is 1100. The highest BCUT2D eigenvalue weighted by atomic mass is 15.1. The van der Waals surface area contributed by atoms with Gasteiger partial charge in [-0.3, -0.25) is 0 Å². The van der Waals surface area contributed by atoms with E-state index < -0.39 is 0 Å². The third-order valence-corrected chi connectivity index (χ3v) is 3.73. The molecule has 0 amide bonds. The lowest BCUT2D eigenvalue weighted by Crippen LogP contribution is -1.81. The Balaban J connectivity index is 1.78. The zero-order chi connectivity index (χ0) is 19.1. The molecule has 0 radical (unpaired) electrons. The van der Waals surface area contributed by atoms with Gasteiger partial charge in [0, 0.05) is 0 Å². The summed E-state index contributed by atoms with van der Waals surface area (Å²) in [5.41, 5.74) is 4.23. The summed E-state index contributed by atoms with van der Waals surface area (Å²) >= 11 is 0. The van der Waals surface area contributed by atoms with Crippen molar-refractivity contribution in [2.45, 2.75) is 6.92 Å². The van der Waals surface area contributed by atoms with E-state index in [1.807, 2.05) is 61.5 Å². The molecule has 0 bridgehead atoms. The molecule has 0 fully saturated rings. The van der Waals surface area contributed by atoms with Gasteiger partial charge in [-0.25, -0.2) is 0 Å². The molecule has 0 aromatic heterocycles. The van der Waals surface area contributed by atoms with Gasteiger partial charge < -0.3 is 0 Å². The predicted molar refractivity (Wildman–Crippen MR) is 102 cm³/mol. The summed E-state index contributed by atoms with van der Waals surface area (Å²) in [5, 5.41) is 34.8. The molecule has 0 saturated carbocycles. The first kappa shape index (κ1) is 17.7. The van der Waals surface area contributed by atoms with Gasteiger partial charge in [-0.2, -0.15) is 31.0 Å². The Morgan fingerprint density at radius 1 is 0.630 bits per heavy atom. The van der Waals surface area contributed by atoms with Crippen LogP contribution in [0, 0.1) is 29.6 Å². The van der Waals surface area contributed by atoms with Crippen molar-refractivity contribution >= 4 is 22.7 Å². The standard InChI is InChI=1S/C21H14N6/c1-15-11-19(9-10-21(15)27-24-18-5-3-2-4-6-18)25-26-20-8-7-16(13-22)17(12-20)14-23/h2-12H,1H3. The summed E-state index contributed by atoms with van der Waals surface area (Å²) in [4.78, 5) is 0. The molecule has 0 aliphatic rings. The van der Waals surface area contributed by atoms with Gasteiger partial charge in [-0.1, -0.05) is 18.2 Å². The molecule has 128 valence electrons. The van der Waals surface area contributed by atoms with Crippen LogP contribution in [0.4, 0.5) is 22.7 Å². The maximum Gasteiger partial charge on any atom is 0.101 e. The lowest BCUT2D eigenvalue weighted by molar-refractivity contribution is 1.19. The Morgan fingerprint density at radius 3 is 1.93 bits per heavy atom. The fraction of sp³-hybridized carbons (Fsp3) is 0.0476. The molecule has 0 unspecified atom stereocenters. The van der Waals surface area contributed by atoms with Crippen LogP contribution < -0.4 is 0 Å². The van der Waals surface area contributed by atoms with Crippen molar-refractivity contribution in [2.75, 3.05) is 0 Å². The Hall–Kier alpha value is -4.16. The minimum absolute atomic E-state index is 0.279. The van der Waals surface area contributed by atoms with Crippen LogP contribution in [0.1, 0.15) is 16.7 Å². The molecule has 3 aromatic carbocycles. The van der Waals surface area contributed by atoms with Crippen molar-refractivity contribution in [1.29, 1.82) is 10.5 Å². The summed E-state index contributed by atoms with van der Waals surface area (Å²) in [7, 11) is 0. The number of rotatable bonds is 4. The summed E-state index contributed by atoms with van der Waals surface area (Å²) in [6.07, 6.45) is 0. The third-order valence-electron chi connectivity index (χ3n) is 3.73. The molecule has 3 aromatic rings. The lowest BCUT2D eigenvalue weighted by atomic mass is 10.1. The number of hydrogen-bond donors (Lipinski definition) is 0. The molecule has 27 heavy (non-hydrogen) atoms. The maximum absolute atomic E-state index is 9.07. The van der Waals surface area contributed by atoms with Crippen LogP contribution in [0.15, 0.2) is 87.2 Å². The van der Waals surface area contributed by atoms with Crippen molar-refractivity contribution in [3.05, 3.63) is 83.4 Å². The van der Waals surface area contributed by atoms with Crippen LogP contribution in [0.3, 0.4) is 0 Å². The van der Waals surface area contributed by atoms with E-state index in [-0.39, 0.29) is 5.56 Å². The molecule has 0 N–H and O–H groups in total. The van der Waals surface area contributed by atoms with Gasteiger partial charge in [-0.15, -0.1) is 0 Å². The molecular formula is C21H14N6. The molecule has 0 aliphatic heterocycles. The van der Waals surface area contributed by atoms with Gasteiger partial charge in [0.25, 0.3) is 0 Å². The highest BCUT2D eigenvalue weighted by molar-refractivity contribution is 5.55. The van der Waals surface area contributed by atoms with Crippen LogP contribution in [0.25, 0.3) is 0 Å². The van der Waals surface area contributed by atoms with Crippen LogP contribution in [-0.2, 0) is 0 Å². The van der Waals surface area contributed by atoms with E-state index in [2.05, 4.69) is 20.5 Å². The number of hydrogen-bond acceptors (Lipinski definition) is 6. The highest BCUT2D eigenvalue weighted by Gasteiger charge is 2.03. The van der Waals surface area contributed by atoms with E-state index in [0.717, 1.165) is 16.9 Å². The molecule has 3 rings (SSSR count). The highest BCUT2D eigenvalue weighted by Crippen LogP contribution is 2.27. The van der Waals surface area contributed by atoms with E-state index in [9.17, 15) is 0 Å². The van der Waals surface area contributed by atoms with Crippen LogP contribution >= 0.6 is 0 Å². The first-order chi connectivity index (χ1) is 13.2. The molecule has 0 heterocycles. The Kier molecular flexibility index (Phi) is 5.42. The fourth-order valence-corrected chi connectivity index (χ4v) is 2.32. The van der Waals surface area contributed by atoms with E-state index in [1.54, 1.807) is 18.2 Å². The topological polar surface area (TPSA) is 97.0 Å². The van der Waals surface area contributed by atoms with E-state index in [0.29, 0.717) is 16.9 Å².